The van der Waals surface area contributed by atoms with Gasteiger partial charge >= 0.3 is 12.1 Å². The van der Waals surface area contributed by atoms with E-state index in [4.69, 9.17) is 14.6 Å². The number of alkyl carbamates (subject to hydrolysis) is 1. The van der Waals surface area contributed by atoms with Crippen LogP contribution in [0.5, 0.6) is 0 Å². The largest absolute Gasteiger partial charge is 0.481 e. The van der Waals surface area contributed by atoms with E-state index in [9.17, 15) is 14.4 Å². The maximum atomic E-state index is 12.9. The molecule has 1 aliphatic carbocycles. The molecule has 2 amide bonds. The summed E-state index contributed by atoms with van der Waals surface area (Å²) in [4.78, 5) is 38.2. The minimum absolute atomic E-state index is 0.00953. The predicted molar refractivity (Wildman–Crippen MR) is 130 cm³/mol. The Morgan fingerprint density at radius 1 is 1.09 bits per heavy atom. The number of rotatable bonds is 8. The highest BCUT2D eigenvalue weighted by Crippen LogP contribution is 2.44. The summed E-state index contributed by atoms with van der Waals surface area (Å²) in [6.45, 7) is 5.03. The minimum Gasteiger partial charge on any atom is -0.481 e. The van der Waals surface area contributed by atoms with Crippen molar-refractivity contribution in [3.63, 3.8) is 0 Å². The summed E-state index contributed by atoms with van der Waals surface area (Å²) in [5.41, 5.74) is 4.60. The Morgan fingerprint density at radius 2 is 1.71 bits per heavy atom. The van der Waals surface area contributed by atoms with Crippen molar-refractivity contribution in [1.82, 2.24) is 10.2 Å². The van der Waals surface area contributed by atoms with Crippen molar-refractivity contribution in [3.8, 4) is 11.1 Å². The number of nitrogens with zero attached hydrogens (tertiary/aromatic N) is 1. The number of benzene rings is 2. The van der Waals surface area contributed by atoms with E-state index in [0.717, 1.165) is 22.3 Å². The van der Waals surface area contributed by atoms with Gasteiger partial charge in [0.25, 0.3) is 0 Å². The number of carboxylic acids is 1. The van der Waals surface area contributed by atoms with E-state index in [1.165, 1.54) is 0 Å². The van der Waals surface area contributed by atoms with Gasteiger partial charge in [-0.3, -0.25) is 9.59 Å². The van der Waals surface area contributed by atoms with Gasteiger partial charge < -0.3 is 24.8 Å². The third-order valence-corrected chi connectivity index (χ3v) is 6.74. The van der Waals surface area contributed by atoms with Crippen molar-refractivity contribution in [2.24, 2.45) is 5.92 Å². The fourth-order valence-electron chi connectivity index (χ4n) is 4.83. The summed E-state index contributed by atoms with van der Waals surface area (Å²) in [6.07, 6.45) is -1.10. The quantitative estimate of drug-likeness (QED) is 0.598. The molecule has 8 heteroatoms. The molecule has 1 aliphatic heterocycles. The Bertz CT molecular complexity index is 1040. The van der Waals surface area contributed by atoms with Crippen molar-refractivity contribution >= 4 is 18.0 Å². The average Bonchev–Trinajstić information content (AvgIpc) is 3.15. The van der Waals surface area contributed by atoms with Gasteiger partial charge in [-0.1, -0.05) is 62.4 Å². The lowest BCUT2D eigenvalue weighted by Gasteiger charge is -2.33. The number of morpholine rings is 1. The van der Waals surface area contributed by atoms with Crippen molar-refractivity contribution in [3.05, 3.63) is 59.7 Å². The van der Waals surface area contributed by atoms with Crippen molar-refractivity contribution in [2.45, 2.75) is 44.8 Å². The van der Waals surface area contributed by atoms with E-state index in [2.05, 4.69) is 29.6 Å². The number of carbonyl (C=O) groups is 3. The van der Waals surface area contributed by atoms with Gasteiger partial charge in [0.1, 0.15) is 6.61 Å². The molecule has 2 atom stereocenters. The molecule has 0 radical (unpaired) electrons. The van der Waals surface area contributed by atoms with E-state index in [-0.39, 0.29) is 43.7 Å². The van der Waals surface area contributed by atoms with Crippen LogP contribution < -0.4 is 5.32 Å². The van der Waals surface area contributed by atoms with Gasteiger partial charge in [0, 0.05) is 31.5 Å². The maximum Gasteiger partial charge on any atom is 0.407 e. The summed E-state index contributed by atoms with van der Waals surface area (Å²) in [7, 11) is 0. The molecule has 2 aliphatic rings. The lowest BCUT2D eigenvalue weighted by molar-refractivity contribution is -0.148. The fraction of sp³-hybridized carbons (Fsp3) is 0.444. The Kier molecular flexibility index (Phi) is 7.70. The third kappa shape index (κ3) is 5.82. The highest BCUT2D eigenvalue weighted by molar-refractivity contribution is 5.80. The van der Waals surface area contributed by atoms with E-state index < -0.39 is 24.2 Å². The molecule has 35 heavy (non-hydrogen) atoms. The van der Waals surface area contributed by atoms with Crippen LogP contribution in [0.25, 0.3) is 11.1 Å². The first-order valence-electron chi connectivity index (χ1n) is 12.1. The number of aliphatic carboxylic acids is 1. The maximum absolute atomic E-state index is 12.9. The number of fused-ring (bicyclic) bond motifs is 3. The van der Waals surface area contributed by atoms with Gasteiger partial charge in [-0.05, 0) is 28.2 Å². The topological polar surface area (TPSA) is 105 Å². The molecule has 4 rings (SSSR count). The Morgan fingerprint density at radius 3 is 2.31 bits per heavy atom. The van der Waals surface area contributed by atoms with Crippen molar-refractivity contribution in [2.75, 3.05) is 26.3 Å². The SMILES string of the molecule is CC(C)[C@H](CC(=O)N1CCOC(CC(=O)O)C1)NC(=O)OCC1c2ccccc2-c2ccccc21. The van der Waals surface area contributed by atoms with Crippen LogP contribution in [-0.2, 0) is 19.1 Å². The molecule has 1 unspecified atom stereocenters. The number of amides is 2. The first kappa shape index (κ1) is 24.7. The van der Waals surface area contributed by atoms with Crippen LogP contribution in [0.1, 0.15) is 43.7 Å². The third-order valence-electron chi connectivity index (χ3n) is 6.74. The highest BCUT2D eigenvalue weighted by Gasteiger charge is 2.31. The lowest BCUT2D eigenvalue weighted by Crippen LogP contribution is -2.49. The molecular formula is C27H32N2O6. The van der Waals surface area contributed by atoms with Crippen LogP contribution in [0.2, 0.25) is 0 Å². The highest BCUT2D eigenvalue weighted by atomic mass is 16.5. The van der Waals surface area contributed by atoms with Gasteiger partial charge in [-0.25, -0.2) is 4.79 Å². The van der Waals surface area contributed by atoms with Crippen LogP contribution in [0.15, 0.2) is 48.5 Å². The molecule has 186 valence electrons. The summed E-state index contributed by atoms with van der Waals surface area (Å²) in [6, 6.07) is 15.9. The molecule has 2 aromatic rings. The zero-order valence-electron chi connectivity index (χ0n) is 20.1. The van der Waals surface area contributed by atoms with Gasteiger partial charge in [0.2, 0.25) is 5.91 Å². The van der Waals surface area contributed by atoms with Gasteiger partial charge in [-0.2, -0.15) is 0 Å². The van der Waals surface area contributed by atoms with Crippen molar-refractivity contribution in [1.29, 1.82) is 0 Å². The van der Waals surface area contributed by atoms with Crippen LogP contribution in [0.4, 0.5) is 4.79 Å². The number of carbonyl (C=O) groups excluding carboxylic acids is 2. The number of hydrogen-bond acceptors (Lipinski definition) is 5. The smallest absolute Gasteiger partial charge is 0.407 e. The molecule has 0 bridgehead atoms. The molecule has 0 saturated carbocycles. The Hall–Kier alpha value is -3.39. The molecule has 1 saturated heterocycles. The monoisotopic (exact) mass is 480 g/mol. The van der Waals surface area contributed by atoms with Gasteiger partial charge in [-0.15, -0.1) is 0 Å². The zero-order chi connectivity index (χ0) is 24.9. The molecule has 8 nitrogen and oxygen atoms in total. The standard InChI is InChI=1S/C27H32N2O6/c1-17(2)24(14-25(30)29-11-12-34-18(15-29)13-26(31)32)28-27(33)35-16-23-21-9-5-3-7-19(21)20-8-4-6-10-22(20)23/h3-10,17-18,23-24H,11-16H2,1-2H3,(H,28,33)(H,31,32)/t18?,24-/m0/s1. The first-order chi connectivity index (χ1) is 16.8. The second kappa shape index (κ2) is 10.9. The first-order valence-corrected chi connectivity index (χ1v) is 12.1. The fourth-order valence-corrected chi connectivity index (χ4v) is 4.83. The molecule has 2 aromatic carbocycles. The molecule has 0 spiro atoms. The Balaban J connectivity index is 1.34. The number of ether oxygens (including phenoxy) is 2. The van der Waals surface area contributed by atoms with Gasteiger partial charge in [0.05, 0.1) is 19.1 Å². The summed E-state index contributed by atoms with van der Waals surface area (Å²) >= 11 is 0. The zero-order valence-corrected chi connectivity index (χ0v) is 20.1. The molecule has 1 fully saturated rings. The van der Waals surface area contributed by atoms with E-state index in [1.54, 1.807) is 4.90 Å². The lowest BCUT2D eigenvalue weighted by atomic mass is 9.98. The second-order valence-electron chi connectivity index (χ2n) is 9.45. The number of carboxylic acid groups (broad SMARTS) is 1. The van der Waals surface area contributed by atoms with Crippen LogP contribution >= 0.6 is 0 Å². The minimum atomic E-state index is -0.957. The van der Waals surface area contributed by atoms with Gasteiger partial charge in [0.15, 0.2) is 0 Å². The number of hydrogen-bond donors (Lipinski definition) is 2. The van der Waals surface area contributed by atoms with E-state index in [0.29, 0.717) is 13.2 Å². The van der Waals surface area contributed by atoms with Crippen LogP contribution in [-0.4, -0.2) is 66.4 Å². The molecular weight excluding hydrogens is 448 g/mol. The predicted octanol–water partition coefficient (Wildman–Crippen LogP) is 3.64. The normalized spacial score (nSPS) is 18.0. The van der Waals surface area contributed by atoms with Crippen LogP contribution in [0.3, 0.4) is 0 Å². The second-order valence-corrected chi connectivity index (χ2v) is 9.45. The molecule has 2 N–H and O–H groups in total. The summed E-state index contributed by atoms with van der Waals surface area (Å²) in [5.74, 6) is -1.12. The van der Waals surface area contributed by atoms with E-state index in [1.807, 2.05) is 38.1 Å². The molecule has 0 aromatic heterocycles. The Labute approximate surface area is 205 Å². The summed E-state index contributed by atoms with van der Waals surface area (Å²) < 4.78 is 11.1. The van der Waals surface area contributed by atoms with Crippen molar-refractivity contribution < 1.29 is 29.0 Å². The van der Waals surface area contributed by atoms with E-state index >= 15 is 0 Å². The summed E-state index contributed by atoms with van der Waals surface area (Å²) in [5, 5.41) is 11.9. The molecule has 1 heterocycles. The average molecular weight is 481 g/mol. The van der Waals surface area contributed by atoms with Crippen LogP contribution in [0, 0.1) is 5.92 Å². The number of nitrogens with one attached hydrogen (secondary N) is 1.